The summed E-state index contributed by atoms with van der Waals surface area (Å²) in [7, 11) is 0. The van der Waals surface area contributed by atoms with Crippen LogP contribution in [0, 0.1) is 0 Å². The molecule has 24 heavy (non-hydrogen) atoms. The van der Waals surface area contributed by atoms with Crippen molar-refractivity contribution in [1.29, 1.82) is 0 Å². The number of carbonyl (C=O) groups excluding carboxylic acids is 1. The normalized spacial score (nSPS) is 11.3. The van der Waals surface area contributed by atoms with Gasteiger partial charge in [-0.15, -0.1) is 0 Å². The van der Waals surface area contributed by atoms with E-state index in [1.807, 2.05) is 76.2 Å². The molecule has 0 saturated carbocycles. The summed E-state index contributed by atoms with van der Waals surface area (Å²) >= 11 is 0. The first-order valence-electron chi connectivity index (χ1n) is 9.71. The number of allylic oxidation sites excluding steroid dienone is 3. The molecule has 0 heterocycles. The number of ketones is 1. The van der Waals surface area contributed by atoms with E-state index in [1.54, 1.807) is 12.2 Å². The zero-order valence-electron chi connectivity index (χ0n) is 18.7. The molecule has 0 rings (SSSR count). The van der Waals surface area contributed by atoms with Crippen LogP contribution in [0.3, 0.4) is 0 Å². The second-order valence-electron chi connectivity index (χ2n) is 3.84. The highest BCUT2D eigenvalue weighted by atomic mass is 16.3. The average Bonchev–Trinajstić information content (AvgIpc) is 2.67. The Bertz CT molecular complexity index is 323. The van der Waals surface area contributed by atoms with Crippen LogP contribution >= 0.6 is 0 Å². The Kier molecular flexibility index (Phi) is 42.5. The Morgan fingerprint density at radius 2 is 1.33 bits per heavy atom. The minimum atomic E-state index is -0.574. The molecule has 146 valence electrons. The number of aliphatic hydroxyl groups excluding tert-OH is 1. The van der Waals surface area contributed by atoms with Gasteiger partial charge in [-0.2, -0.15) is 0 Å². The van der Waals surface area contributed by atoms with Gasteiger partial charge in [-0.1, -0.05) is 93.5 Å². The van der Waals surface area contributed by atoms with Crippen molar-refractivity contribution in [3.05, 3.63) is 35.5 Å². The average molecular weight is 343 g/mol. The molecule has 1 N–H and O–H groups in total. The number of carbonyl (C=O) groups is 1. The first-order chi connectivity index (χ1) is 11.5. The summed E-state index contributed by atoms with van der Waals surface area (Å²) in [5.41, 5.74) is 2.39. The van der Waals surface area contributed by atoms with Crippen molar-refractivity contribution in [3.63, 3.8) is 0 Å². The van der Waals surface area contributed by atoms with Crippen LogP contribution in [0.5, 0.6) is 0 Å². The van der Waals surface area contributed by atoms with Gasteiger partial charge in [0, 0.05) is 5.57 Å². The van der Waals surface area contributed by atoms with Crippen LogP contribution in [-0.4, -0.2) is 17.0 Å². The highest BCUT2D eigenvalue weighted by Crippen LogP contribution is 2.23. The summed E-state index contributed by atoms with van der Waals surface area (Å²) in [6, 6.07) is 0. The van der Waals surface area contributed by atoms with Crippen molar-refractivity contribution in [1.82, 2.24) is 0 Å². The molecule has 1 atom stereocenters. The molecule has 0 aromatic carbocycles. The number of aliphatic hydroxyl groups is 1. The van der Waals surface area contributed by atoms with Gasteiger partial charge >= 0.3 is 0 Å². The van der Waals surface area contributed by atoms with Gasteiger partial charge < -0.3 is 5.11 Å². The zero-order valence-corrected chi connectivity index (χ0v) is 18.7. The molecule has 0 saturated heterocycles. The lowest BCUT2D eigenvalue weighted by atomic mass is 9.90. The van der Waals surface area contributed by atoms with E-state index >= 15 is 0 Å². The molecule has 0 aliphatic rings. The highest BCUT2D eigenvalue weighted by Gasteiger charge is 2.18. The number of hydrogen-bond donors (Lipinski definition) is 1. The van der Waals surface area contributed by atoms with Crippen molar-refractivity contribution in [2.24, 2.45) is 0 Å². The lowest BCUT2D eigenvalue weighted by Crippen LogP contribution is -2.16. The molecule has 0 bridgehead atoms. The third kappa shape index (κ3) is 17.2. The minimum Gasteiger partial charge on any atom is -0.388 e. The van der Waals surface area contributed by atoms with Crippen molar-refractivity contribution in [3.8, 4) is 0 Å². The fourth-order valence-corrected chi connectivity index (χ4v) is 1.60. The van der Waals surface area contributed by atoms with E-state index in [0.29, 0.717) is 12.0 Å². The summed E-state index contributed by atoms with van der Waals surface area (Å²) in [4.78, 5) is 11.6. The molecule has 2 heteroatoms. The third-order valence-electron chi connectivity index (χ3n) is 2.66. The van der Waals surface area contributed by atoms with Crippen LogP contribution in [0.15, 0.2) is 35.5 Å². The van der Waals surface area contributed by atoms with Gasteiger partial charge in [0.05, 0.1) is 6.10 Å². The Morgan fingerprint density at radius 3 is 1.54 bits per heavy atom. The SMILES string of the molecule is C=C/C=C(C(C)=O)\C(=C(/C)CC)C(O)CC.CC.CC.CC.CC. The van der Waals surface area contributed by atoms with Gasteiger partial charge in [0.1, 0.15) is 0 Å². The maximum Gasteiger partial charge on any atom is 0.160 e. The molecule has 0 aliphatic carbocycles. The van der Waals surface area contributed by atoms with E-state index in [-0.39, 0.29) is 5.78 Å². The third-order valence-corrected chi connectivity index (χ3v) is 2.66. The largest absolute Gasteiger partial charge is 0.388 e. The maximum absolute atomic E-state index is 11.6. The second kappa shape index (κ2) is 29.8. The van der Waals surface area contributed by atoms with Crippen LogP contribution < -0.4 is 0 Å². The lowest BCUT2D eigenvalue weighted by molar-refractivity contribution is -0.113. The van der Waals surface area contributed by atoms with Crippen molar-refractivity contribution in [2.45, 2.75) is 102 Å². The zero-order chi connectivity index (χ0) is 20.7. The predicted octanol–water partition coefficient (Wildman–Crippen LogP) is 7.29. The van der Waals surface area contributed by atoms with E-state index in [0.717, 1.165) is 17.6 Å². The predicted molar refractivity (Wildman–Crippen MR) is 114 cm³/mol. The number of hydrogen-bond acceptors (Lipinski definition) is 2. The van der Waals surface area contributed by atoms with Crippen molar-refractivity contribution < 1.29 is 9.90 Å². The van der Waals surface area contributed by atoms with Crippen LogP contribution in [0.25, 0.3) is 0 Å². The van der Waals surface area contributed by atoms with Gasteiger partial charge in [0.15, 0.2) is 5.78 Å². The summed E-state index contributed by atoms with van der Waals surface area (Å²) in [5, 5.41) is 9.98. The Morgan fingerprint density at radius 1 is 0.958 bits per heavy atom. The highest BCUT2D eigenvalue weighted by molar-refractivity contribution is 5.98. The van der Waals surface area contributed by atoms with E-state index in [2.05, 4.69) is 6.58 Å². The van der Waals surface area contributed by atoms with Gasteiger partial charge in [-0.25, -0.2) is 0 Å². The molecule has 2 nitrogen and oxygen atoms in total. The molecular formula is C22H46O2. The van der Waals surface area contributed by atoms with Gasteiger partial charge in [0.25, 0.3) is 0 Å². The quantitative estimate of drug-likeness (QED) is 0.406. The molecule has 0 amide bonds. The summed E-state index contributed by atoms with van der Waals surface area (Å²) in [6.45, 7) is 27.0. The first-order valence-corrected chi connectivity index (χ1v) is 9.71. The van der Waals surface area contributed by atoms with Gasteiger partial charge in [-0.05, 0) is 32.3 Å². The number of Topliss-reactive ketones (excluding diaryl/α,β-unsaturated/α-hetero) is 1. The fraction of sp³-hybridized carbons (Fsp3) is 0.682. The van der Waals surface area contributed by atoms with E-state index < -0.39 is 6.10 Å². The van der Waals surface area contributed by atoms with Crippen LogP contribution in [0.2, 0.25) is 0 Å². The molecule has 1 unspecified atom stereocenters. The summed E-state index contributed by atoms with van der Waals surface area (Å²) in [5.74, 6) is -0.0322. The topological polar surface area (TPSA) is 37.3 Å². The molecule has 0 aromatic heterocycles. The Labute approximate surface area is 153 Å². The standard InChI is InChI=1S/C14H22O2.4C2H6/c1-6-9-12(11(5)15)14(10(4)7-2)13(16)8-3;4*1-2/h6,9,13,16H,1,7-8H2,2-5H3;4*1-2H3/b12-9-,14-10-;;;;. The van der Waals surface area contributed by atoms with Gasteiger partial charge in [0.2, 0.25) is 0 Å². The first kappa shape index (κ1) is 34.2. The van der Waals surface area contributed by atoms with Crippen molar-refractivity contribution >= 4 is 5.78 Å². The summed E-state index contributed by atoms with van der Waals surface area (Å²) in [6.07, 6.45) is 4.12. The monoisotopic (exact) mass is 342 g/mol. The van der Waals surface area contributed by atoms with Crippen LogP contribution in [0.1, 0.15) is 95.9 Å². The Hall–Kier alpha value is -1.15. The fourth-order valence-electron chi connectivity index (χ4n) is 1.60. The van der Waals surface area contributed by atoms with E-state index in [9.17, 15) is 9.90 Å². The van der Waals surface area contributed by atoms with E-state index in [1.165, 1.54) is 6.92 Å². The smallest absolute Gasteiger partial charge is 0.160 e. The molecule has 0 fully saturated rings. The maximum atomic E-state index is 11.6. The minimum absolute atomic E-state index is 0.0322. The summed E-state index contributed by atoms with van der Waals surface area (Å²) < 4.78 is 0. The lowest BCUT2D eigenvalue weighted by Gasteiger charge is -2.18. The molecule has 0 radical (unpaired) electrons. The van der Waals surface area contributed by atoms with E-state index in [4.69, 9.17) is 0 Å². The molecule has 0 aliphatic heterocycles. The second-order valence-corrected chi connectivity index (χ2v) is 3.84. The van der Waals surface area contributed by atoms with Crippen molar-refractivity contribution in [2.75, 3.05) is 0 Å². The number of rotatable bonds is 6. The Balaban J connectivity index is -0.000000130. The van der Waals surface area contributed by atoms with Gasteiger partial charge in [-0.3, -0.25) is 4.79 Å². The molecule has 0 spiro atoms. The van der Waals surface area contributed by atoms with Crippen LogP contribution in [-0.2, 0) is 4.79 Å². The molecule has 0 aromatic rings. The van der Waals surface area contributed by atoms with Crippen LogP contribution in [0.4, 0.5) is 0 Å². The molecular weight excluding hydrogens is 296 g/mol.